The normalized spacial score (nSPS) is 13.9. The molecule has 2 aromatic carbocycles. The lowest BCUT2D eigenvalue weighted by Gasteiger charge is -2.22. The number of aryl methyl sites for hydroxylation is 1. The third-order valence-electron chi connectivity index (χ3n) is 5.09. The Morgan fingerprint density at radius 3 is 2.65 bits per heavy atom. The number of fused-ring (bicyclic) bond motifs is 1. The van der Waals surface area contributed by atoms with Gasteiger partial charge in [0.2, 0.25) is 5.91 Å². The van der Waals surface area contributed by atoms with Gasteiger partial charge in [0.1, 0.15) is 5.82 Å². The highest BCUT2D eigenvalue weighted by Gasteiger charge is 2.32. The number of H-pyrrole nitrogens is 1. The quantitative estimate of drug-likeness (QED) is 0.651. The number of aromatic nitrogens is 1. The highest BCUT2D eigenvalue weighted by atomic mass is 19.1. The Hall–Kier alpha value is -2.62. The Morgan fingerprint density at radius 1 is 1.12 bits per heavy atom. The van der Waals surface area contributed by atoms with Crippen molar-refractivity contribution in [1.29, 1.82) is 0 Å². The maximum Gasteiger partial charge on any atom is 0.223 e. The number of aromatic amines is 1. The molecule has 1 aliphatic carbocycles. The lowest BCUT2D eigenvalue weighted by Crippen LogP contribution is -2.32. The van der Waals surface area contributed by atoms with Crippen LogP contribution in [0.3, 0.4) is 0 Å². The van der Waals surface area contributed by atoms with Crippen molar-refractivity contribution in [2.75, 3.05) is 0 Å². The molecule has 1 aromatic heterocycles. The van der Waals surface area contributed by atoms with E-state index < -0.39 is 0 Å². The lowest BCUT2D eigenvalue weighted by atomic mass is 10.1. The Morgan fingerprint density at radius 2 is 1.88 bits per heavy atom. The van der Waals surface area contributed by atoms with E-state index >= 15 is 0 Å². The molecule has 1 amide bonds. The second kappa shape index (κ2) is 7.32. The molecule has 1 saturated carbocycles. The van der Waals surface area contributed by atoms with Gasteiger partial charge in [0, 0.05) is 36.1 Å². The molecule has 3 aromatic rings. The highest BCUT2D eigenvalue weighted by molar-refractivity contribution is 5.83. The van der Waals surface area contributed by atoms with Gasteiger partial charge in [0.05, 0.1) is 0 Å². The van der Waals surface area contributed by atoms with Crippen LogP contribution in [0.25, 0.3) is 10.9 Å². The monoisotopic (exact) mass is 350 g/mol. The standard InChI is InChI=1S/C22H23FN2O/c23-18-10-8-16(9-11-18)15-25(19-12-13-19)22(26)7-3-4-17-14-24-21-6-2-1-5-20(17)21/h1-2,5-6,8-11,14,19,24H,3-4,7,12-13,15H2. The molecule has 134 valence electrons. The lowest BCUT2D eigenvalue weighted by molar-refractivity contribution is -0.132. The molecule has 0 saturated heterocycles. The number of hydrogen-bond donors (Lipinski definition) is 1. The van der Waals surface area contributed by atoms with E-state index in [-0.39, 0.29) is 11.7 Å². The summed E-state index contributed by atoms with van der Waals surface area (Å²) in [6.45, 7) is 0.580. The summed E-state index contributed by atoms with van der Waals surface area (Å²) in [6.07, 6.45) is 6.49. The largest absolute Gasteiger partial charge is 0.361 e. The van der Waals surface area contributed by atoms with Crippen molar-refractivity contribution in [1.82, 2.24) is 9.88 Å². The fourth-order valence-electron chi connectivity index (χ4n) is 3.51. The number of benzene rings is 2. The van der Waals surface area contributed by atoms with Gasteiger partial charge in [-0.25, -0.2) is 4.39 Å². The summed E-state index contributed by atoms with van der Waals surface area (Å²) in [6, 6.07) is 15.1. The van der Waals surface area contributed by atoms with Gasteiger partial charge in [-0.05, 0) is 55.0 Å². The predicted octanol–water partition coefficient (Wildman–Crippen LogP) is 4.82. The van der Waals surface area contributed by atoms with Crippen molar-refractivity contribution in [3.63, 3.8) is 0 Å². The van der Waals surface area contributed by atoms with E-state index in [2.05, 4.69) is 17.1 Å². The SMILES string of the molecule is O=C(CCCc1c[nH]c2ccccc12)N(Cc1ccc(F)cc1)C1CC1. The first kappa shape index (κ1) is 16.8. The van der Waals surface area contributed by atoms with Crippen LogP contribution < -0.4 is 0 Å². The van der Waals surface area contributed by atoms with Crippen molar-refractivity contribution < 1.29 is 9.18 Å². The highest BCUT2D eigenvalue weighted by Crippen LogP contribution is 2.29. The van der Waals surface area contributed by atoms with Crippen LogP contribution in [0.4, 0.5) is 4.39 Å². The van der Waals surface area contributed by atoms with Gasteiger partial charge in [-0.15, -0.1) is 0 Å². The number of amides is 1. The van der Waals surface area contributed by atoms with Gasteiger partial charge >= 0.3 is 0 Å². The molecule has 0 atom stereocenters. The van der Waals surface area contributed by atoms with Crippen LogP contribution in [0, 0.1) is 5.82 Å². The maximum absolute atomic E-state index is 13.1. The van der Waals surface area contributed by atoms with Gasteiger partial charge < -0.3 is 9.88 Å². The summed E-state index contributed by atoms with van der Waals surface area (Å²) < 4.78 is 13.1. The van der Waals surface area contributed by atoms with E-state index in [1.54, 1.807) is 12.1 Å². The topological polar surface area (TPSA) is 36.1 Å². The van der Waals surface area contributed by atoms with Gasteiger partial charge in [0.25, 0.3) is 0 Å². The first-order valence-electron chi connectivity index (χ1n) is 9.29. The van der Waals surface area contributed by atoms with E-state index in [0.717, 1.165) is 36.8 Å². The molecule has 4 rings (SSSR count). The first-order valence-corrected chi connectivity index (χ1v) is 9.29. The summed E-state index contributed by atoms with van der Waals surface area (Å²) >= 11 is 0. The average Bonchev–Trinajstić information content (AvgIpc) is 3.42. The van der Waals surface area contributed by atoms with Gasteiger partial charge in [-0.3, -0.25) is 4.79 Å². The smallest absolute Gasteiger partial charge is 0.223 e. The molecule has 1 heterocycles. The molecule has 1 N–H and O–H groups in total. The molecule has 1 aliphatic rings. The number of para-hydroxylation sites is 1. The van der Waals surface area contributed by atoms with E-state index in [1.807, 2.05) is 23.2 Å². The first-order chi connectivity index (χ1) is 12.7. The van der Waals surface area contributed by atoms with Crippen LogP contribution in [-0.2, 0) is 17.8 Å². The summed E-state index contributed by atoms with van der Waals surface area (Å²) in [5.74, 6) is -0.0338. The molecule has 0 spiro atoms. The van der Waals surface area contributed by atoms with Crippen molar-refractivity contribution in [3.05, 3.63) is 71.7 Å². The predicted molar refractivity (Wildman–Crippen MR) is 101 cm³/mol. The summed E-state index contributed by atoms with van der Waals surface area (Å²) in [5, 5.41) is 1.24. The molecule has 1 fully saturated rings. The minimum atomic E-state index is -0.239. The van der Waals surface area contributed by atoms with Crippen LogP contribution in [0.2, 0.25) is 0 Å². The summed E-state index contributed by atoms with van der Waals surface area (Å²) in [7, 11) is 0. The number of nitrogens with one attached hydrogen (secondary N) is 1. The van der Waals surface area contributed by atoms with Crippen LogP contribution >= 0.6 is 0 Å². The Labute approximate surface area is 152 Å². The van der Waals surface area contributed by atoms with Crippen LogP contribution in [-0.4, -0.2) is 21.8 Å². The zero-order valence-electron chi connectivity index (χ0n) is 14.7. The number of nitrogens with zero attached hydrogens (tertiary/aromatic N) is 1. The van der Waals surface area contributed by atoms with Crippen molar-refractivity contribution in [2.45, 2.75) is 44.7 Å². The number of carbonyl (C=O) groups excluding carboxylic acids is 1. The molecule has 4 heteroatoms. The molecule has 0 bridgehead atoms. The zero-order valence-corrected chi connectivity index (χ0v) is 14.7. The van der Waals surface area contributed by atoms with Gasteiger partial charge in [-0.1, -0.05) is 30.3 Å². The van der Waals surface area contributed by atoms with Crippen LogP contribution in [0.15, 0.2) is 54.7 Å². The number of halogens is 1. The number of rotatable bonds is 7. The van der Waals surface area contributed by atoms with Crippen molar-refractivity contribution in [2.24, 2.45) is 0 Å². The van der Waals surface area contributed by atoms with E-state index in [9.17, 15) is 9.18 Å². The minimum Gasteiger partial charge on any atom is -0.361 e. The molecular formula is C22H23FN2O. The van der Waals surface area contributed by atoms with Crippen LogP contribution in [0.1, 0.15) is 36.8 Å². The molecule has 0 unspecified atom stereocenters. The third-order valence-corrected chi connectivity index (χ3v) is 5.09. The Kier molecular flexibility index (Phi) is 4.74. The molecule has 26 heavy (non-hydrogen) atoms. The molecule has 3 nitrogen and oxygen atoms in total. The molecule has 0 aliphatic heterocycles. The van der Waals surface area contributed by atoms with Crippen molar-refractivity contribution in [3.8, 4) is 0 Å². The van der Waals surface area contributed by atoms with Crippen LogP contribution in [0.5, 0.6) is 0 Å². The number of hydrogen-bond acceptors (Lipinski definition) is 1. The maximum atomic E-state index is 13.1. The molecule has 0 radical (unpaired) electrons. The van der Waals surface area contributed by atoms with Gasteiger partial charge in [0.15, 0.2) is 0 Å². The Bertz CT molecular complexity index is 896. The number of carbonyl (C=O) groups is 1. The third kappa shape index (κ3) is 3.79. The van der Waals surface area contributed by atoms with E-state index in [1.165, 1.54) is 23.1 Å². The summed E-state index contributed by atoms with van der Waals surface area (Å²) in [4.78, 5) is 18.0. The van der Waals surface area contributed by atoms with E-state index in [4.69, 9.17) is 0 Å². The fraction of sp³-hybridized carbons (Fsp3) is 0.318. The molecular weight excluding hydrogens is 327 g/mol. The second-order valence-corrected chi connectivity index (χ2v) is 7.09. The second-order valence-electron chi connectivity index (χ2n) is 7.09. The Balaban J connectivity index is 1.35. The zero-order chi connectivity index (χ0) is 17.9. The van der Waals surface area contributed by atoms with E-state index in [0.29, 0.717) is 19.0 Å². The van der Waals surface area contributed by atoms with Crippen molar-refractivity contribution >= 4 is 16.8 Å². The average molecular weight is 350 g/mol. The fourth-order valence-corrected chi connectivity index (χ4v) is 3.51. The minimum absolute atomic E-state index is 0.205. The van der Waals surface area contributed by atoms with Gasteiger partial charge in [-0.2, -0.15) is 0 Å². The summed E-state index contributed by atoms with van der Waals surface area (Å²) in [5.41, 5.74) is 3.40.